The largest absolute Gasteiger partial charge is 1.00 e. The summed E-state index contributed by atoms with van der Waals surface area (Å²) in [5.74, 6) is 0. The molecule has 0 saturated carbocycles. The monoisotopic (exact) mass is 540 g/mol. The third-order valence-corrected chi connectivity index (χ3v) is 13.3. The van der Waals surface area contributed by atoms with Gasteiger partial charge in [0.05, 0.1) is 0 Å². The van der Waals surface area contributed by atoms with Gasteiger partial charge in [-0.3, -0.25) is 0 Å². The van der Waals surface area contributed by atoms with Crippen molar-refractivity contribution in [2.75, 3.05) is 0 Å². The van der Waals surface area contributed by atoms with E-state index in [4.69, 9.17) is 0 Å². The molecule has 0 spiro atoms. The fourth-order valence-electron chi connectivity index (χ4n) is 5.31. The molecule has 1 aliphatic rings. The molecule has 0 bridgehead atoms. The van der Waals surface area contributed by atoms with Crippen LogP contribution in [0.1, 0.15) is 59.6 Å². The van der Waals surface area contributed by atoms with Crippen LogP contribution in [0.15, 0.2) is 45.5 Å². The van der Waals surface area contributed by atoms with E-state index in [0.29, 0.717) is 0 Å². The van der Waals surface area contributed by atoms with Gasteiger partial charge in [-0.05, 0) is 0 Å². The van der Waals surface area contributed by atoms with Gasteiger partial charge in [-0.15, -0.1) is 0 Å². The van der Waals surface area contributed by atoms with Crippen molar-refractivity contribution in [2.24, 2.45) is 0 Å². The Morgan fingerprint density at radius 1 is 0.812 bits per heavy atom. The van der Waals surface area contributed by atoms with Gasteiger partial charge in [0, 0.05) is 0 Å². The average Bonchev–Trinajstić information content (AvgIpc) is 3.12. The minimum atomic E-state index is -1.89. The molecule has 172 valence electrons. The summed E-state index contributed by atoms with van der Waals surface area (Å²) in [7, 11) is -1.89. The van der Waals surface area contributed by atoms with Crippen LogP contribution in [-0.4, -0.2) is 8.07 Å². The molecule has 0 radical (unpaired) electrons. The molecule has 0 saturated heterocycles. The molecule has 1 aliphatic carbocycles. The fraction of sp³-hybridized carbons (Fsp3) is 0.407. The molecule has 2 aromatic rings. The van der Waals surface area contributed by atoms with Gasteiger partial charge in [0.25, 0.3) is 0 Å². The van der Waals surface area contributed by atoms with Crippen molar-refractivity contribution in [1.82, 2.24) is 0 Å². The number of halogens is 3. The van der Waals surface area contributed by atoms with Crippen molar-refractivity contribution in [2.45, 2.75) is 73.4 Å². The van der Waals surface area contributed by atoms with Crippen LogP contribution in [-0.2, 0) is 20.4 Å². The first-order valence-corrected chi connectivity index (χ1v) is 14.5. The van der Waals surface area contributed by atoms with E-state index >= 15 is 0 Å². The van der Waals surface area contributed by atoms with Crippen LogP contribution >= 0.6 is 0 Å². The molecule has 1 atom stereocenters. The molecule has 0 aliphatic heterocycles. The quantitative estimate of drug-likeness (QED) is 0.377. The fourth-order valence-corrected chi connectivity index (χ4v) is 12.4. The van der Waals surface area contributed by atoms with E-state index in [1.807, 2.05) is 0 Å². The Morgan fingerprint density at radius 2 is 1.31 bits per heavy atom. The molecule has 0 heterocycles. The molecule has 32 heavy (non-hydrogen) atoms. The Hall–Kier alpha value is -0.279. The van der Waals surface area contributed by atoms with Gasteiger partial charge in [-0.25, -0.2) is 0 Å². The van der Waals surface area contributed by atoms with Crippen LogP contribution in [0.5, 0.6) is 0 Å². The van der Waals surface area contributed by atoms with Crippen molar-refractivity contribution >= 4 is 18.8 Å². The van der Waals surface area contributed by atoms with Gasteiger partial charge in [-0.1, -0.05) is 0 Å². The standard InChI is InChI=1S/C27H35Si.3ClH.Ti/c1-8-9-18-28(7,27-22(5)20(3)19(2)21(4)23(27)6)26-17-13-16-25(26)24-14-11-10-12-15-24;;;;/h10-12,14-16H,8-9,13,18H2,1-7H3;3*1H;/q;;;;+3/p-3. The number of rotatable bonds is 6. The molecular weight excluding hydrogens is 507 g/mol. The predicted molar refractivity (Wildman–Crippen MR) is 127 cm³/mol. The Kier molecular flexibility index (Phi) is 12.9. The van der Waals surface area contributed by atoms with E-state index in [1.165, 1.54) is 46.7 Å². The number of allylic oxidation sites excluding steroid dienone is 4. The normalized spacial score (nSPS) is 14.7. The second-order valence-electron chi connectivity index (χ2n) is 8.98. The van der Waals surface area contributed by atoms with E-state index in [9.17, 15) is 0 Å². The molecule has 0 N–H and O–H groups in total. The molecule has 0 amide bonds. The van der Waals surface area contributed by atoms with Gasteiger partial charge in [0.2, 0.25) is 0 Å². The molecular formula is C27H35Cl3SiTi. The minimum absolute atomic E-state index is 0. The second-order valence-corrected chi connectivity index (χ2v) is 14.1. The summed E-state index contributed by atoms with van der Waals surface area (Å²) in [4.78, 5) is 0. The molecule has 2 aromatic carbocycles. The van der Waals surface area contributed by atoms with E-state index < -0.39 is 8.07 Å². The number of hydrogen-bond donors (Lipinski definition) is 0. The van der Waals surface area contributed by atoms with Crippen LogP contribution < -0.4 is 42.4 Å². The van der Waals surface area contributed by atoms with Crippen LogP contribution in [0.25, 0.3) is 5.57 Å². The number of unbranched alkanes of at least 4 members (excludes halogenated alkanes) is 1. The van der Waals surface area contributed by atoms with E-state index in [0.717, 1.165) is 6.42 Å². The molecule has 1 unspecified atom stereocenters. The second kappa shape index (κ2) is 13.0. The van der Waals surface area contributed by atoms with Gasteiger partial charge in [0.1, 0.15) is 0 Å². The first-order chi connectivity index (χ1) is 13.7. The number of hydrogen-bond acceptors (Lipinski definition) is 0. The zero-order valence-electron chi connectivity index (χ0n) is 20.4. The summed E-state index contributed by atoms with van der Waals surface area (Å²) >= 11 is 2.39. The Labute approximate surface area is 227 Å². The van der Waals surface area contributed by atoms with Crippen molar-refractivity contribution in [3.05, 3.63) is 78.9 Å². The van der Waals surface area contributed by atoms with Crippen molar-refractivity contribution in [1.29, 1.82) is 0 Å². The van der Waals surface area contributed by atoms with Gasteiger partial charge in [0.15, 0.2) is 0 Å². The zero-order chi connectivity index (χ0) is 21.3. The molecule has 0 fully saturated rings. The van der Waals surface area contributed by atoms with Crippen LogP contribution in [0, 0.1) is 34.6 Å². The first-order valence-electron chi connectivity index (χ1n) is 11.0. The van der Waals surface area contributed by atoms with Crippen molar-refractivity contribution in [3.63, 3.8) is 0 Å². The summed E-state index contributed by atoms with van der Waals surface area (Å²) in [6.07, 6.45) is 6.18. The number of benzene rings is 2. The van der Waals surface area contributed by atoms with Crippen molar-refractivity contribution < 1.29 is 57.7 Å². The Morgan fingerprint density at radius 3 is 1.81 bits per heavy atom. The third-order valence-electron chi connectivity index (χ3n) is 7.30. The Balaban J connectivity index is 0.00000320. The van der Waals surface area contributed by atoms with E-state index in [2.05, 4.69) is 105 Å². The topological polar surface area (TPSA) is 0 Å². The van der Waals surface area contributed by atoms with E-state index in [-0.39, 0.29) is 37.2 Å². The average molecular weight is 542 g/mol. The summed E-state index contributed by atoms with van der Waals surface area (Å²) in [5.41, 5.74) is 10.5. The van der Waals surface area contributed by atoms with Gasteiger partial charge >= 0.3 is 192 Å². The Bertz CT molecular complexity index is 967. The summed E-state index contributed by atoms with van der Waals surface area (Å²) in [5, 5.41) is 3.43. The molecule has 0 aromatic heterocycles. The van der Waals surface area contributed by atoms with Crippen LogP contribution in [0.4, 0.5) is 0 Å². The van der Waals surface area contributed by atoms with Gasteiger partial charge in [-0.2, -0.15) is 0 Å². The minimum Gasteiger partial charge on any atom is -1.00 e. The summed E-state index contributed by atoms with van der Waals surface area (Å²) in [6, 6.07) is 12.4. The summed E-state index contributed by atoms with van der Waals surface area (Å²) < 4.78 is 1.60. The molecule has 0 nitrogen and oxygen atoms in total. The third kappa shape index (κ3) is 5.68. The maximum atomic E-state index is 2.66. The first kappa shape index (κ1) is 31.7. The SMILES string of the molecule is CCCC[Si](C)(C1=[C]([Ti+3])CC=C1c1ccccc1)c1c(C)c(C)c(C)c(C)c1C.[Cl-].[Cl-].[Cl-]. The van der Waals surface area contributed by atoms with Crippen LogP contribution in [0.3, 0.4) is 0 Å². The smallest absolute Gasteiger partial charge is 1.00 e. The maximum absolute atomic E-state index is 2.66. The van der Waals surface area contributed by atoms with E-state index in [1.54, 1.807) is 25.4 Å². The van der Waals surface area contributed by atoms with Crippen molar-refractivity contribution in [3.8, 4) is 0 Å². The summed E-state index contributed by atoms with van der Waals surface area (Å²) in [6.45, 7) is 16.7. The molecule has 5 heteroatoms. The molecule has 3 rings (SSSR count). The predicted octanol–water partition coefficient (Wildman–Crippen LogP) is -1.85. The van der Waals surface area contributed by atoms with Crippen LogP contribution in [0.2, 0.25) is 12.6 Å². The zero-order valence-corrected chi connectivity index (χ0v) is 25.3. The maximum Gasteiger partial charge on any atom is -1.00 e. The van der Waals surface area contributed by atoms with Gasteiger partial charge < -0.3 is 37.2 Å².